The van der Waals surface area contributed by atoms with Crippen LogP contribution in [0.5, 0.6) is 0 Å². The van der Waals surface area contributed by atoms with Crippen molar-refractivity contribution in [1.82, 2.24) is 5.32 Å². The summed E-state index contributed by atoms with van der Waals surface area (Å²) in [4.78, 5) is 10.6. The van der Waals surface area contributed by atoms with Crippen molar-refractivity contribution in [3.05, 3.63) is 12.2 Å². The molecule has 1 aliphatic heterocycles. The highest BCUT2D eigenvalue weighted by atomic mass is 16.6. The molecule has 1 amide bonds. The van der Waals surface area contributed by atoms with Gasteiger partial charge in [-0.2, -0.15) is 0 Å². The molecule has 0 saturated carbocycles. The number of hydrogen-bond donors (Lipinski definition) is 1. The summed E-state index contributed by atoms with van der Waals surface area (Å²) in [7, 11) is 1.32. The van der Waals surface area contributed by atoms with Crippen LogP contribution in [-0.2, 0) is 9.47 Å². The molecule has 1 N–H and O–H groups in total. The Labute approximate surface area is 65.2 Å². The molecule has 62 valence electrons. The second kappa shape index (κ2) is 3.98. The van der Waals surface area contributed by atoms with Crippen molar-refractivity contribution < 1.29 is 14.3 Å². The molecule has 0 aliphatic carbocycles. The Morgan fingerprint density at radius 1 is 1.82 bits per heavy atom. The third-order valence-corrected chi connectivity index (χ3v) is 1.34. The van der Waals surface area contributed by atoms with E-state index < -0.39 is 6.09 Å². The summed E-state index contributed by atoms with van der Waals surface area (Å²) in [6.07, 6.45) is 3.86. The van der Waals surface area contributed by atoms with Crippen molar-refractivity contribution in [2.24, 2.45) is 0 Å². The SMILES string of the molecule is COC(=O)NC1C=CCCO1. The molecule has 0 aromatic rings. The summed E-state index contributed by atoms with van der Waals surface area (Å²) in [5.41, 5.74) is 0. The summed E-state index contributed by atoms with van der Waals surface area (Å²) >= 11 is 0. The van der Waals surface area contributed by atoms with Crippen molar-refractivity contribution in [3.63, 3.8) is 0 Å². The molecule has 0 bridgehead atoms. The predicted molar refractivity (Wildman–Crippen MR) is 39.0 cm³/mol. The fourth-order valence-electron chi connectivity index (χ4n) is 0.803. The van der Waals surface area contributed by atoms with Crippen LogP contribution >= 0.6 is 0 Å². The van der Waals surface area contributed by atoms with Crippen LogP contribution < -0.4 is 5.32 Å². The Morgan fingerprint density at radius 3 is 3.18 bits per heavy atom. The van der Waals surface area contributed by atoms with Gasteiger partial charge in [0.05, 0.1) is 13.7 Å². The van der Waals surface area contributed by atoms with Crippen molar-refractivity contribution in [1.29, 1.82) is 0 Å². The van der Waals surface area contributed by atoms with E-state index in [1.54, 1.807) is 6.08 Å². The standard InChI is InChI=1S/C7H11NO3/c1-10-7(9)8-6-4-2-3-5-11-6/h2,4,6H,3,5H2,1H3,(H,8,9). The van der Waals surface area contributed by atoms with Gasteiger partial charge < -0.3 is 9.47 Å². The Hall–Kier alpha value is -1.03. The first-order chi connectivity index (χ1) is 5.33. The van der Waals surface area contributed by atoms with E-state index in [1.165, 1.54) is 7.11 Å². The van der Waals surface area contributed by atoms with E-state index in [-0.39, 0.29) is 6.23 Å². The lowest BCUT2D eigenvalue weighted by Crippen LogP contribution is -2.36. The van der Waals surface area contributed by atoms with E-state index in [0.717, 1.165) is 6.42 Å². The summed E-state index contributed by atoms with van der Waals surface area (Å²) < 4.78 is 9.54. The number of carbonyl (C=O) groups is 1. The smallest absolute Gasteiger partial charge is 0.409 e. The molecule has 4 heteroatoms. The van der Waals surface area contributed by atoms with Gasteiger partial charge in [0.25, 0.3) is 0 Å². The molecule has 0 fully saturated rings. The molecule has 0 aromatic heterocycles. The first kappa shape index (κ1) is 8.07. The maximum atomic E-state index is 10.6. The molecule has 0 spiro atoms. The number of carbonyl (C=O) groups excluding carboxylic acids is 1. The third kappa shape index (κ3) is 2.59. The number of nitrogens with one attached hydrogen (secondary N) is 1. The van der Waals surface area contributed by atoms with Gasteiger partial charge in [-0.05, 0) is 12.5 Å². The Kier molecular flexibility index (Phi) is 2.92. The van der Waals surface area contributed by atoms with Gasteiger partial charge in [-0.1, -0.05) is 6.08 Å². The highest BCUT2D eigenvalue weighted by Crippen LogP contribution is 2.00. The van der Waals surface area contributed by atoms with Crippen molar-refractivity contribution in [2.45, 2.75) is 12.6 Å². The van der Waals surface area contributed by atoms with Crippen LogP contribution in [0, 0.1) is 0 Å². The van der Waals surface area contributed by atoms with E-state index in [1.807, 2.05) is 6.08 Å². The fourth-order valence-corrected chi connectivity index (χ4v) is 0.803. The topological polar surface area (TPSA) is 47.6 Å². The summed E-state index contributed by atoms with van der Waals surface area (Å²) in [5.74, 6) is 0. The number of hydrogen-bond acceptors (Lipinski definition) is 3. The lowest BCUT2D eigenvalue weighted by atomic mass is 10.3. The summed E-state index contributed by atoms with van der Waals surface area (Å²) in [5, 5.41) is 2.50. The Morgan fingerprint density at radius 2 is 2.64 bits per heavy atom. The maximum absolute atomic E-state index is 10.6. The second-order valence-electron chi connectivity index (χ2n) is 2.14. The van der Waals surface area contributed by atoms with Gasteiger partial charge in [0.2, 0.25) is 0 Å². The molecular formula is C7H11NO3. The van der Waals surface area contributed by atoms with E-state index in [0.29, 0.717) is 6.61 Å². The van der Waals surface area contributed by atoms with Gasteiger partial charge in [-0.15, -0.1) is 0 Å². The van der Waals surface area contributed by atoms with E-state index in [4.69, 9.17) is 4.74 Å². The van der Waals surface area contributed by atoms with Crippen LogP contribution in [-0.4, -0.2) is 26.0 Å². The monoisotopic (exact) mass is 157 g/mol. The Bertz CT molecular complexity index is 167. The summed E-state index contributed by atoms with van der Waals surface area (Å²) in [6, 6.07) is 0. The van der Waals surface area contributed by atoms with Crippen LogP contribution in [0.3, 0.4) is 0 Å². The lowest BCUT2D eigenvalue weighted by Gasteiger charge is -2.17. The minimum atomic E-state index is -0.471. The molecule has 0 saturated heterocycles. The average molecular weight is 157 g/mol. The fraction of sp³-hybridized carbons (Fsp3) is 0.571. The molecule has 0 radical (unpaired) electrons. The first-order valence-electron chi connectivity index (χ1n) is 3.45. The van der Waals surface area contributed by atoms with Crippen LogP contribution in [0.15, 0.2) is 12.2 Å². The minimum Gasteiger partial charge on any atom is -0.453 e. The summed E-state index contributed by atoms with van der Waals surface area (Å²) in [6.45, 7) is 0.644. The van der Waals surface area contributed by atoms with Gasteiger partial charge in [-0.25, -0.2) is 4.79 Å². The predicted octanol–water partition coefficient (Wildman–Crippen LogP) is 0.645. The number of alkyl carbamates (subject to hydrolysis) is 1. The van der Waals surface area contributed by atoms with Crippen LogP contribution in [0.4, 0.5) is 4.79 Å². The van der Waals surface area contributed by atoms with Crippen molar-refractivity contribution in [3.8, 4) is 0 Å². The molecule has 1 unspecified atom stereocenters. The quantitative estimate of drug-likeness (QED) is 0.568. The highest BCUT2D eigenvalue weighted by Gasteiger charge is 2.10. The number of ether oxygens (including phenoxy) is 2. The highest BCUT2D eigenvalue weighted by molar-refractivity contribution is 5.67. The molecule has 11 heavy (non-hydrogen) atoms. The zero-order chi connectivity index (χ0) is 8.10. The molecule has 1 aliphatic rings. The second-order valence-corrected chi connectivity index (χ2v) is 2.14. The van der Waals surface area contributed by atoms with Gasteiger partial charge in [0.15, 0.2) is 6.23 Å². The van der Waals surface area contributed by atoms with Gasteiger partial charge >= 0.3 is 6.09 Å². The molecular weight excluding hydrogens is 146 g/mol. The van der Waals surface area contributed by atoms with Crippen LogP contribution in [0.25, 0.3) is 0 Å². The van der Waals surface area contributed by atoms with Gasteiger partial charge in [0.1, 0.15) is 0 Å². The third-order valence-electron chi connectivity index (χ3n) is 1.34. The van der Waals surface area contributed by atoms with E-state index in [9.17, 15) is 4.79 Å². The molecule has 1 atom stereocenters. The zero-order valence-electron chi connectivity index (χ0n) is 6.37. The van der Waals surface area contributed by atoms with E-state index in [2.05, 4.69) is 10.1 Å². The number of rotatable bonds is 1. The van der Waals surface area contributed by atoms with Crippen LogP contribution in [0.2, 0.25) is 0 Å². The average Bonchev–Trinajstić information content (AvgIpc) is 2.06. The lowest BCUT2D eigenvalue weighted by molar-refractivity contribution is 0.0538. The maximum Gasteiger partial charge on any atom is 0.409 e. The minimum absolute atomic E-state index is 0.323. The van der Waals surface area contributed by atoms with Crippen molar-refractivity contribution >= 4 is 6.09 Å². The molecule has 0 aromatic carbocycles. The zero-order valence-corrected chi connectivity index (χ0v) is 6.37. The molecule has 4 nitrogen and oxygen atoms in total. The Balaban J connectivity index is 2.30. The van der Waals surface area contributed by atoms with Crippen molar-refractivity contribution in [2.75, 3.05) is 13.7 Å². The molecule has 1 heterocycles. The largest absolute Gasteiger partial charge is 0.453 e. The molecule has 1 rings (SSSR count). The number of methoxy groups -OCH3 is 1. The number of amides is 1. The van der Waals surface area contributed by atoms with Gasteiger partial charge in [-0.3, -0.25) is 5.32 Å². The van der Waals surface area contributed by atoms with Crippen LogP contribution in [0.1, 0.15) is 6.42 Å². The van der Waals surface area contributed by atoms with Gasteiger partial charge in [0, 0.05) is 0 Å². The normalized spacial score (nSPS) is 22.8. The van der Waals surface area contributed by atoms with E-state index >= 15 is 0 Å². The first-order valence-corrected chi connectivity index (χ1v) is 3.45.